The Kier molecular flexibility index (Phi) is 7.87. The van der Waals surface area contributed by atoms with Crippen molar-refractivity contribution in [3.63, 3.8) is 0 Å². The molecule has 12 rings (SSSR count). The van der Waals surface area contributed by atoms with E-state index < -0.39 is 5.41 Å². The minimum Gasteiger partial charge on any atom is -0.309 e. The lowest BCUT2D eigenvalue weighted by atomic mass is 9.67. The SMILES string of the molecule is CC1(C)c2ccccc2-c2cc(N(c3ccccc3)c3ccc(-c4ccc(C5(c6ccccc6)c6ccccc6-c6ccccc65)cc4)nc3)c3c(c21)-c1ccccc1C3(C)C. The molecule has 1 aromatic heterocycles. The van der Waals surface area contributed by atoms with Gasteiger partial charge >= 0.3 is 0 Å². The third-order valence-corrected chi connectivity index (χ3v) is 14.4. The molecule has 2 heteroatoms. The van der Waals surface area contributed by atoms with Gasteiger partial charge in [0.05, 0.1) is 28.7 Å². The van der Waals surface area contributed by atoms with Crippen molar-refractivity contribution in [1.82, 2.24) is 4.98 Å². The number of benzene rings is 8. The van der Waals surface area contributed by atoms with Crippen LogP contribution in [-0.4, -0.2) is 4.98 Å². The minimum absolute atomic E-state index is 0.149. The van der Waals surface area contributed by atoms with Crippen molar-refractivity contribution in [3.8, 4) is 44.6 Å². The fraction of sp³-hybridized carbons (Fsp3) is 0.117. The highest BCUT2D eigenvalue weighted by atomic mass is 15.2. The van der Waals surface area contributed by atoms with Crippen LogP contribution in [0.15, 0.2) is 206 Å². The third kappa shape index (κ3) is 4.95. The van der Waals surface area contributed by atoms with Gasteiger partial charge in [-0.05, 0) is 108 Å². The molecule has 0 radical (unpaired) electrons. The van der Waals surface area contributed by atoms with Crippen molar-refractivity contribution >= 4 is 17.1 Å². The highest BCUT2D eigenvalue weighted by Crippen LogP contribution is 2.63. The van der Waals surface area contributed by atoms with Gasteiger partial charge in [-0.15, -0.1) is 0 Å². The van der Waals surface area contributed by atoms with Gasteiger partial charge < -0.3 is 4.90 Å². The van der Waals surface area contributed by atoms with Gasteiger partial charge in [0.15, 0.2) is 0 Å². The summed E-state index contributed by atoms with van der Waals surface area (Å²) in [5, 5.41) is 0. The van der Waals surface area contributed by atoms with Gasteiger partial charge in [-0.2, -0.15) is 0 Å². The summed E-state index contributed by atoms with van der Waals surface area (Å²) in [7, 11) is 0. The molecule has 0 amide bonds. The number of hydrogen-bond acceptors (Lipinski definition) is 2. The molecular weight excluding hydrogens is 749 g/mol. The van der Waals surface area contributed by atoms with Gasteiger partial charge in [-0.1, -0.05) is 198 Å². The number of para-hydroxylation sites is 1. The summed E-state index contributed by atoms with van der Waals surface area (Å²) >= 11 is 0. The summed E-state index contributed by atoms with van der Waals surface area (Å²) in [5.41, 5.74) is 23.2. The topological polar surface area (TPSA) is 16.1 Å². The first-order valence-corrected chi connectivity index (χ1v) is 21.9. The predicted molar refractivity (Wildman–Crippen MR) is 257 cm³/mol. The van der Waals surface area contributed by atoms with E-state index in [0.29, 0.717) is 0 Å². The summed E-state index contributed by atoms with van der Waals surface area (Å²) in [6, 6.07) is 73.8. The lowest BCUT2D eigenvalue weighted by Crippen LogP contribution is -2.28. The van der Waals surface area contributed by atoms with E-state index in [0.717, 1.165) is 22.6 Å². The standard InChI is InChI=1S/C60H46N2/c1-58(2)49-27-15-11-25-46(49)48-37-54(57-55(56(48)58)47-26-14-16-28-50(47)59(57,3)4)62(42-21-9-6-10-22-42)43-35-36-53(61-38-43)39-31-33-41(34-32-39)60(40-19-7-5-8-20-40)51-29-17-12-23-44(51)45-24-13-18-30-52(45)60/h5-38H,1-4H3. The zero-order valence-corrected chi connectivity index (χ0v) is 35.5. The number of rotatable bonds is 6. The van der Waals surface area contributed by atoms with E-state index in [1.54, 1.807) is 0 Å². The molecule has 1 heterocycles. The fourth-order valence-electron chi connectivity index (χ4n) is 11.7. The van der Waals surface area contributed by atoms with Crippen LogP contribution in [0, 0.1) is 0 Å². The quantitative estimate of drug-likeness (QED) is 0.167. The lowest BCUT2D eigenvalue weighted by Gasteiger charge is -2.34. The first kappa shape index (κ1) is 36.6. The number of pyridine rings is 1. The van der Waals surface area contributed by atoms with Crippen molar-refractivity contribution in [1.29, 1.82) is 0 Å². The van der Waals surface area contributed by atoms with Crippen molar-refractivity contribution in [2.45, 2.75) is 43.9 Å². The molecule has 2 nitrogen and oxygen atoms in total. The Morgan fingerprint density at radius 2 is 0.871 bits per heavy atom. The fourth-order valence-corrected chi connectivity index (χ4v) is 11.7. The Labute approximate surface area is 364 Å². The summed E-state index contributed by atoms with van der Waals surface area (Å²) in [5.74, 6) is 0. The van der Waals surface area contributed by atoms with Crippen molar-refractivity contribution in [3.05, 3.63) is 251 Å². The number of fused-ring (bicyclic) bond motifs is 10. The molecule has 3 aliphatic rings. The van der Waals surface area contributed by atoms with Crippen LogP contribution in [0.1, 0.15) is 72.2 Å². The Morgan fingerprint density at radius 1 is 0.387 bits per heavy atom. The Bertz CT molecular complexity index is 3170. The van der Waals surface area contributed by atoms with Crippen molar-refractivity contribution in [2.24, 2.45) is 0 Å². The zero-order valence-electron chi connectivity index (χ0n) is 35.5. The first-order valence-electron chi connectivity index (χ1n) is 21.9. The molecule has 0 atom stereocenters. The second-order valence-electron chi connectivity index (χ2n) is 18.3. The van der Waals surface area contributed by atoms with Gasteiger partial charge in [0.2, 0.25) is 0 Å². The summed E-state index contributed by atoms with van der Waals surface area (Å²) in [6.07, 6.45) is 2.07. The van der Waals surface area contributed by atoms with Crippen LogP contribution >= 0.6 is 0 Å². The van der Waals surface area contributed by atoms with E-state index in [-0.39, 0.29) is 10.8 Å². The van der Waals surface area contributed by atoms with Crippen LogP contribution in [0.3, 0.4) is 0 Å². The number of anilines is 3. The highest BCUT2D eigenvalue weighted by molar-refractivity contribution is 6.00. The molecule has 0 N–H and O–H groups in total. The molecule has 296 valence electrons. The third-order valence-electron chi connectivity index (χ3n) is 14.4. The highest BCUT2D eigenvalue weighted by Gasteiger charge is 2.48. The number of aromatic nitrogens is 1. The average molecular weight is 795 g/mol. The maximum Gasteiger partial charge on any atom is 0.0713 e. The monoisotopic (exact) mass is 794 g/mol. The van der Waals surface area contributed by atoms with Crippen LogP contribution in [0.5, 0.6) is 0 Å². The Hall–Kier alpha value is -7.29. The van der Waals surface area contributed by atoms with Crippen molar-refractivity contribution in [2.75, 3.05) is 4.90 Å². The predicted octanol–water partition coefficient (Wildman–Crippen LogP) is 15.2. The average Bonchev–Trinajstić information content (AvgIpc) is 3.85. The molecule has 8 aromatic carbocycles. The largest absolute Gasteiger partial charge is 0.309 e. The summed E-state index contributed by atoms with van der Waals surface area (Å²) in [4.78, 5) is 7.70. The minimum atomic E-state index is -0.431. The molecule has 9 aromatic rings. The van der Waals surface area contributed by atoms with Gasteiger partial charge in [-0.3, -0.25) is 4.98 Å². The summed E-state index contributed by atoms with van der Waals surface area (Å²) in [6.45, 7) is 9.62. The van der Waals surface area contributed by atoms with Crippen LogP contribution in [0.25, 0.3) is 44.6 Å². The Balaban J connectivity index is 1.00. The molecule has 0 saturated carbocycles. The van der Waals surface area contributed by atoms with Crippen LogP contribution < -0.4 is 4.90 Å². The number of nitrogens with zero attached hydrogens (tertiary/aromatic N) is 2. The second kappa shape index (κ2) is 13.4. The van der Waals surface area contributed by atoms with Gasteiger partial charge in [0.1, 0.15) is 0 Å². The van der Waals surface area contributed by atoms with E-state index >= 15 is 0 Å². The van der Waals surface area contributed by atoms with Crippen LogP contribution in [-0.2, 0) is 16.2 Å². The van der Waals surface area contributed by atoms with E-state index in [1.165, 1.54) is 83.6 Å². The molecule has 0 aliphatic heterocycles. The molecule has 0 fully saturated rings. The van der Waals surface area contributed by atoms with Crippen molar-refractivity contribution < 1.29 is 0 Å². The maximum absolute atomic E-state index is 5.25. The molecule has 0 unspecified atom stereocenters. The van der Waals surface area contributed by atoms with Crippen LogP contribution in [0.4, 0.5) is 17.1 Å². The normalized spacial score (nSPS) is 15.2. The molecule has 62 heavy (non-hydrogen) atoms. The molecule has 0 saturated heterocycles. The maximum atomic E-state index is 5.25. The first-order chi connectivity index (χ1) is 30.3. The van der Waals surface area contributed by atoms with Gasteiger partial charge in [0.25, 0.3) is 0 Å². The number of hydrogen-bond donors (Lipinski definition) is 0. The smallest absolute Gasteiger partial charge is 0.0713 e. The van der Waals surface area contributed by atoms with E-state index in [9.17, 15) is 0 Å². The molecule has 3 aliphatic carbocycles. The lowest BCUT2D eigenvalue weighted by molar-refractivity contribution is 0.648. The van der Waals surface area contributed by atoms with E-state index in [1.807, 2.05) is 0 Å². The Morgan fingerprint density at radius 3 is 1.47 bits per heavy atom. The van der Waals surface area contributed by atoms with Crippen LogP contribution in [0.2, 0.25) is 0 Å². The van der Waals surface area contributed by atoms with Gasteiger partial charge in [0, 0.05) is 22.1 Å². The van der Waals surface area contributed by atoms with Gasteiger partial charge in [-0.25, -0.2) is 0 Å². The van der Waals surface area contributed by atoms with E-state index in [4.69, 9.17) is 4.98 Å². The molecule has 0 spiro atoms. The van der Waals surface area contributed by atoms with E-state index in [2.05, 4.69) is 239 Å². The molecular formula is C60H46N2. The molecule has 0 bridgehead atoms. The second-order valence-corrected chi connectivity index (χ2v) is 18.3. The summed E-state index contributed by atoms with van der Waals surface area (Å²) < 4.78 is 0. The zero-order chi connectivity index (χ0) is 41.8.